The fourth-order valence-electron chi connectivity index (χ4n) is 1.09. The monoisotopic (exact) mass is 255 g/mol. The summed E-state index contributed by atoms with van der Waals surface area (Å²) < 4.78 is 1.06. The zero-order valence-electron chi connectivity index (χ0n) is 8.34. The first-order chi connectivity index (χ1) is 6.65. The van der Waals surface area contributed by atoms with E-state index in [4.69, 9.17) is 5.73 Å². The Morgan fingerprint density at radius 2 is 2.29 bits per heavy atom. The van der Waals surface area contributed by atoms with Crippen LogP contribution in [0.2, 0.25) is 0 Å². The van der Waals surface area contributed by atoms with E-state index >= 15 is 0 Å². The lowest BCUT2D eigenvalue weighted by atomic mass is 10.2. The number of guanidine groups is 1. The second-order valence-electron chi connectivity index (χ2n) is 2.90. The van der Waals surface area contributed by atoms with E-state index in [0.29, 0.717) is 12.5 Å². The molecule has 0 saturated heterocycles. The molecule has 0 aromatic heterocycles. The Labute approximate surface area is 92.5 Å². The Balaban J connectivity index is 2.87. The molecule has 1 aromatic carbocycles. The van der Waals surface area contributed by atoms with Crippen LogP contribution < -0.4 is 11.1 Å². The van der Waals surface area contributed by atoms with Crippen molar-refractivity contribution in [3.63, 3.8) is 0 Å². The highest BCUT2D eigenvalue weighted by molar-refractivity contribution is 9.10. The van der Waals surface area contributed by atoms with Crippen molar-refractivity contribution in [1.82, 2.24) is 0 Å². The first kappa shape index (κ1) is 11.0. The van der Waals surface area contributed by atoms with Crippen LogP contribution in [0.15, 0.2) is 27.7 Å². The van der Waals surface area contributed by atoms with E-state index in [-0.39, 0.29) is 0 Å². The van der Waals surface area contributed by atoms with E-state index in [1.807, 2.05) is 32.0 Å². The second kappa shape index (κ2) is 5.00. The smallest absolute Gasteiger partial charge is 0.193 e. The molecule has 0 aliphatic rings. The quantitative estimate of drug-likeness (QED) is 0.631. The van der Waals surface area contributed by atoms with Crippen molar-refractivity contribution in [3.05, 3.63) is 28.2 Å². The van der Waals surface area contributed by atoms with Crippen LogP contribution in [0.3, 0.4) is 0 Å². The molecule has 4 heteroatoms. The minimum absolute atomic E-state index is 0.453. The van der Waals surface area contributed by atoms with E-state index in [0.717, 1.165) is 15.7 Å². The predicted octanol–water partition coefficient (Wildman–Crippen LogP) is 2.50. The summed E-state index contributed by atoms with van der Waals surface area (Å²) in [5.41, 5.74) is 7.77. The molecule has 3 nitrogen and oxygen atoms in total. The topological polar surface area (TPSA) is 50.4 Å². The minimum Gasteiger partial charge on any atom is -0.370 e. The summed E-state index contributed by atoms with van der Waals surface area (Å²) in [5, 5.41) is 3.05. The summed E-state index contributed by atoms with van der Waals surface area (Å²) in [6.07, 6.45) is 0. The summed E-state index contributed by atoms with van der Waals surface area (Å²) in [5.74, 6) is 0.453. The van der Waals surface area contributed by atoms with Gasteiger partial charge in [-0.25, -0.2) is 0 Å². The van der Waals surface area contributed by atoms with Gasteiger partial charge in [0.15, 0.2) is 5.96 Å². The van der Waals surface area contributed by atoms with Gasteiger partial charge in [-0.3, -0.25) is 4.99 Å². The normalized spacial score (nSPS) is 11.5. The van der Waals surface area contributed by atoms with E-state index in [2.05, 4.69) is 26.2 Å². The Hall–Kier alpha value is -1.03. The highest BCUT2D eigenvalue weighted by Crippen LogP contribution is 2.23. The molecule has 0 spiro atoms. The SMILES string of the molecule is CCN=C(N)Nc1cccc(Br)c1C. The van der Waals surface area contributed by atoms with Crippen LogP contribution in [0.1, 0.15) is 12.5 Å². The second-order valence-corrected chi connectivity index (χ2v) is 3.75. The number of halogens is 1. The average molecular weight is 256 g/mol. The van der Waals surface area contributed by atoms with Gasteiger partial charge in [0.25, 0.3) is 0 Å². The number of nitrogens with one attached hydrogen (secondary N) is 1. The molecule has 0 radical (unpaired) electrons. The molecule has 76 valence electrons. The molecule has 0 aliphatic carbocycles. The van der Waals surface area contributed by atoms with Crippen LogP contribution in [-0.2, 0) is 0 Å². The van der Waals surface area contributed by atoms with Crippen molar-refractivity contribution in [2.24, 2.45) is 10.7 Å². The number of nitrogens with two attached hydrogens (primary N) is 1. The molecule has 1 aromatic rings. The average Bonchev–Trinajstić information content (AvgIpc) is 2.13. The third-order valence-electron chi connectivity index (χ3n) is 1.86. The van der Waals surface area contributed by atoms with Gasteiger partial charge in [-0.1, -0.05) is 22.0 Å². The van der Waals surface area contributed by atoms with Crippen molar-refractivity contribution in [1.29, 1.82) is 0 Å². The van der Waals surface area contributed by atoms with Crippen LogP contribution >= 0.6 is 15.9 Å². The molecule has 0 atom stereocenters. The standard InChI is InChI=1S/C10H14BrN3/c1-3-13-10(12)14-9-6-4-5-8(11)7(9)2/h4-6H,3H2,1-2H3,(H3,12,13,14). The number of anilines is 1. The molecule has 0 heterocycles. The van der Waals surface area contributed by atoms with Crippen molar-refractivity contribution in [3.8, 4) is 0 Å². The maximum absolute atomic E-state index is 5.66. The zero-order chi connectivity index (χ0) is 10.6. The lowest BCUT2D eigenvalue weighted by Crippen LogP contribution is -2.23. The number of hydrogen-bond donors (Lipinski definition) is 2. The molecular formula is C10H14BrN3. The molecule has 0 amide bonds. The fraction of sp³-hybridized carbons (Fsp3) is 0.300. The molecule has 0 unspecified atom stereocenters. The molecule has 0 saturated carbocycles. The van der Waals surface area contributed by atoms with Gasteiger partial charge in [0, 0.05) is 16.7 Å². The largest absolute Gasteiger partial charge is 0.370 e. The van der Waals surface area contributed by atoms with E-state index in [9.17, 15) is 0 Å². The van der Waals surface area contributed by atoms with Gasteiger partial charge in [0.05, 0.1) is 0 Å². The zero-order valence-corrected chi connectivity index (χ0v) is 9.93. The minimum atomic E-state index is 0.453. The summed E-state index contributed by atoms with van der Waals surface area (Å²) in [7, 11) is 0. The van der Waals surface area contributed by atoms with E-state index in [1.54, 1.807) is 0 Å². The molecule has 0 aliphatic heterocycles. The highest BCUT2D eigenvalue weighted by Gasteiger charge is 2.01. The van der Waals surface area contributed by atoms with Crippen molar-refractivity contribution >= 4 is 27.6 Å². The Kier molecular flexibility index (Phi) is 3.95. The number of benzene rings is 1. The van der Waals surface area contributed by atoms with Crippen molar-refractivity contribution in [2.45, 2.75) is 13.8 Å². The third-order valence-corrected chi connectivity index (χ3v) is 2.72. The van der Waals surface area contributed by atoms with E-state index < -0.39 is 0 Å². The molecular weight excluding hydrogens is 242 g/mol. The molecule has 1 rings (SSSR count). The van der Waals surface area contributed by atoms with Crippen LogP contribution in [0.5, 0.6) is 0 Å². The van der Waals surface area contributed by atoms with Gasteiger partial charge in [0.2, 0.25) is 0 Å². The summed E-state index contributed by atoms with van der Waals surface area (Å²) in [6, 6.07) is 5.92. The third kappa shape index (κ3) is 2.73. The van der Waals surface area contributed by atoms with Crippen LogP contribution in [-0.4, -0.2) is 12.5 Å². The fourth-order valence-corrected chi connectivity index (χ4v) is 1.46. The number of hydrogen-bond acceptors (Lipinski definition) is 1. The van der Waals surface area contributed by atoms with Crippen LogP contribution in [0.4, 0.5) is 5.69 Å². The first-order valence-electron chi connectivity index (χ1n) is 4.47. The summed E-state index contributed by atoms with van der Waals surface area (Å²) in [6.45, 7) is 4.65. The number of nitrogens with zero attached hydrogens (tertiary/aromatic N) is 1. The van der Waals surface area contributed by atoms with Crippen molar-refractivity contribution < 1.29 is 0 Å². The highest BCUT2D eigenvalue weighted by atomic mass is 79.9. The number of rotatable bonds is 2. The molecule has 3 N–H and O–H groups in total. The molecule has 14 heavy (non-hydrogen) atoms. The first-order valence-corrected chi connectivity index (χ1v) is 5.26. The van der Waals surface area contributed by atoms with Crippen molar-refractivity contribution in [2.75, 3.05) is 11.9 Å². The van der Waals surface area contributed by atoms with Gasteiger partial charge < -0.3 is 11.1 Å². The molecule has 0 bridgehead atoms. The van der Waals surface area contributed by atoms with Gasteiger partial charge in [-0.15, -0.1) is 0 Å². The lowest BCUT2D eigenvalue weighted by Gasteiger charge is -2.09. The lowest BCUT2D eigenvalue weighted by molar-refractivity contribution is 1.12. The number of aliphatic imine (C=N–C) groups is 1. The van der Waals surface area contributed by atoms with Gasteiger partial charge in [-0.2, -0.15) is 0 Å². The maximum Gasteiger partial charge on any atom is 0.193 e. The van der Waals surface area contributed by atoms with Gasteiger partial charge in [0.1, 0.15) is 0 Å². The maximum atomic E-state index is 5.66. The van der Waals surface area contributed by atoms with Crippen LogP contribution in [0, 0.1) is 6.92 Å². The Morgan fingerprint density at radius 1 is 1.57 bits per heavy atom. The van der Waals surface area contributed by atoms with E-state index in [1.165, 1.54) is 0 Å². The van der Waals surface area contributed by atoms with Crippen LogP contribution in [0.25, 0.3) is 0 Å². The Bertz CT molecular complexity index is 347. The summed E-state index contributed by atoms with van der Waals surface area (Å²) >= 11 is 3.45. The predicted molar refractivity (Wildman–Crippen MR) is 64.7 cm³/mol. The summed E-state index contributed by atoms with van der Waals surface area (Å²) in [4.78, 5) is 4.06. The van der Waals surface area contributed by atoms with Gasteiger partial charge >= 0.3 is 0 Å². The molecule has 0 fully saturated rings. The van der Waals surface area contributed by atoms with Gasteiger partial charge in [-0.05, 0) is 31.5 Å². The Morgan fingerprint density at radius 3 is 2.93 bits per heavy atom.